The van der Waals surface area contributed by atoms with Gasteiger partial charge in [0.25, 0.3) is 5.56 Å². The van der Waals surface area contributed by atoms with Gasteiger partial charge in [-0.2, -0.15) is 0 Å². The molecule has 0 amide bonds. The number of hydrogen-bond acceptors (Lipinski definition) is 5. The molecule has 0 saturated heterocycles. The van der Waals surface area contributed by atoms with E-state index in [9.17, 15) is 9.59 Å². The minimum Gasteiger partial charge on any atom is -0.314 e. The van der Waals surface area contributed by atoms with Crippen LogP contribution in [-0.2, 0) is 13.7 Å². The van der Waals surface area contributed by atoms with Crippen LogP contribution in [0.15, 0.2) is 21.9 Å². The summed E-state index contributed by atoms with van der Waals surface area (Å²) >= 11 is 0. The maximum absolute atomic E-state index is 10.2. The fourth-order valence-electron chi connectivity index (χ4n) is 0.383. The third-order valence-electron chi connectivity index (χ3n) is 0.686. The minimum absolute atomic E-state index is 0.381. The topological polar surface area (TPSA) is 299 Å². The number of H-pyrrole nitrogens is 2. The Hall–Kier alpha value is -0.990. The number of hydrogen-bond donors (Lipinski definition) is 11. The third kappa shape index (κ3) is 93.5. The Morgan fingerprint density at radius 1 is 0.696 bits per heavy atom. The quantitative estimate of drug-likeness (QED) is 0.185. The fourth-order valence-corrected chi connectivity index (χ4v) is 0.383. The second kappa shape index (κ2) is 11.5. The molecule has 1 rings (SSSR count). The molecule has 1 heterocycles. The van der Waals surface area contributed by atoms with E-state index in [-0.39, 0.29) is 5.56 Å². The van der Waals surface area contributed by atoms with E-state index < -0.39 is 29.2 Å². The number of nitrogens with one attached hydrogen (secondary N) is 2. The van der Waals surface area contributed by atoms with Crippen LogP contribution in [0.2, 0.25) is 0 Å². The zero-order valence-corrected chi connectivity index (χ0v) is 13.2. The van der Waals surface area contributed by atoms with Gasteiger partial charge in [0.2, 0.25) is 0 Å². The average Bonchev–Trinajstić information content (AvgIpc) is 2.07. The van der Waals surface area contributed by atoms with E-state index in [1.165, 1.54) is 12.3 Å². The number of rotatable bonds is 0. The lowest BCUT2D eigenvalue weighted by Crippen LogP contribution is -2.19. The van der Waals surface area contributed by atoms with Crippen LogP contribution in [0.1, 0.15) is 0 Å². The zero-order chi connectivity index (χ0) is 19.5. The first-order valence-electron chi connectivity index (χ1n) is 4.42. The van der Waals surface area contributed by atoms with Crippen LogP contribution in [0, 0.1) is 0 Å². The summed E-state index contributed by atoms with van der Waals surface area (Å²) in [5, 5.41) is 0. The highest BCUT2D eigenvalue weighted by Crippen LogP contribution is 2.26. The minimum atomic E-state index is -4.64. The summed E-state index contributed by atoms with van der Waals surface area (Å²) in [4.78, 5) is 89.3. The summed E-state index contributed by atoms with van der Waals surface area (Å²) in [6, 6.07) is 1.24. The van der Waals surface area contributed by atoms with E-state index >= 15 is 0 Å². The molecule has 1 aromatic heterocycles. The Balaban J connectivity index is -0.000000240. The molecular formula is C4H13N2O14P3. The predicted octanol–water partition coefficient (Wildman–Crippen LogP) is -3.72. The molecular weight excluding hydrogens is 393 g/mol. The summed E-state index contributed by atoms with van der Waals surface area (Å²) in [5.74, 6) is 0. The molecule has 0 aromatic carbocycles. The molecule has 23 heavy (non-hydrogen) atoms. The van der Waals surface area contributed by atoms with Crippen molar-refractivity contribution in [3.8, 4) is 0 Å². The van der Waals surface area contributed by atoms with Crippen LogP contribution in [-0.4, -0.2) is 54.0 Å². The lowest BCUT2D eigenvalue weighted by atomic mass is 10.7. The van der Waals surface area contributed by atoms with Crippen LogP contribution in [0.5, 0.6) is 0 Å². The van der Waals surface area contributed by atoms with Crippen LogP contribution in [0.4, 0.5) is 0 Å². The summed E-state index contributed by atoms with van der Waals surface area (Å²) in [6.45, 7) is 0. The molecule has 0 aliphatic carbocycles. The van der Waals surface area contributed by atoms with Crippen molar-refractivity contribution in [2.75, 3.05) is 0 Å². The molecule has 0 radical (unpaired) electrons. The van der Waals surface area contributed by atoms with Crippen molar-refractivity contribution in [2.45, 2.75) is 0 Å². The van der Waals surface area contributed by atoms with Crippen molar-refractivity contribution in [1.82, 2.24) is 9.97 Å². The van der Waals surface area contributed by atoms with Gasteiger partial charge in [-0.25, -0.2) is 18.5 Å². The normalized spacial score (nSPS) is 10.8. The average molecular weight is 406 g/mol. The van der Waals surface area contributed by atoms with Crippen molar-refractivity contribution in [1.29, 1.82) is 0 Å². The van der Waals surface area contributed by atoms with Crippen LogP contribution in [0.25, 0.3) is 0 Å². The van der Waals surface area contributed by atoms with Gasteiger partial charge in [0.15, 0.2) is 0 Å². The molecule has 16 nitrogen and oxygen atoms in total. The lowest BCUT2D eigenvalue weighted by Gasteiger charge is -1.82. The summed E-state index contributed by atoms with van der Waals surface area (Å²) < 4.78 is 26.6. The van der Waals surface area contributed by atoms with E-state index in [1.807, 2.05) is 4.98 Å². The summed E-state index contributed by atoms with van der Waals surface area (Å²) in [6.07, 6.45) is 1.29. The fraction of sp³-hybridized carbons (Fsp3) is 0. The zero-order valence-electron chi connectivity index (χ0n) is 10.6. The van der Waals surface area contributed by atoms with Gasteiger partial charge in [0.05, 0.1) is 0 Å². The largest absolute Gasteiger partial charge is 0.466 e. The van der Waals surface area contributed by atoms with Crippen molar-refractivity contribution in [2.24, 2.45) is 0 Å². The molecule has 0 fully saturated rings. The smallest absolute Gasteiger partial charge is 0.314 e. The molecule has 0 aliphatic rings. The lowest BCUT2D eigenvalue weighted by molar-refractivity contribution is 0.272. The highest BCUT2D eigenvalue weighted by Gasteiger charge is 2.01. The van der Waals surface area contributed by atoms with Crippen molar-refractivity contribution in [3.05, 3.63) is 33.1 Å². The van der Waals surface area contributed by atoms with E-state index in [4.69, 9.17) is 57.7 Å². The first kappa shape index (κ1) is 26.9. The van der Waals surface area contributed by atoms with E-state index in [1.54, 1.807) is 0 Å². The molecule has 11 N–H and O–H groups in total. The van der Waals surface area contributed by atoms with Gasteiger partial charge < -0.3 is 49.0 Å². The van der Waals surface area contributed by atoms with Gasteiger partial charge in [0.1, 0.15) is 0 Å². The first-order chi connectivity index (χ1) is 9.79. The molecule has 19 heteroatoms. The maximum Gasteiger partial charge on any atom is 0.466 e. The molecule has 0 saturated carbocycles. The van der Waals surface area contributed by atoms with E-state index in [0.29, 0.717) is 0 Å². The number of aromatic amines is 2. The Morgan fingerprint density at radius 2 is 0.957 bits per heavy atom. The van der Waals surface area contributed by atoms with Gasteiger partial charge in [-0.3, -0.25) is 9.78 Å². The number of aromatic nitrogens is 2. The molecule has 0 bridgehead atoms. The molecule has 1 aromatic rings. The molecule has 0 unspecified atom stereocenters. The Morgan fingerprint density at radius 3 is 1.09 bits per heavy atom. The molecule has 138 valence electrons. The van der Waals surface area contributed by atoms with Crippen molar-refractivity contribution < 1.29 is 57.7 Å². The first-order valence-corrected chi connectivity index (χ1v) is 9.11. The Labute approximate surface area is 125 Å². The maximum atomic E-state index is 10.2. The highest BCUT2D eigenvalue weighted by molar-refractivity contribution is 7.45. The second-order valence-corrected chi connectivity index (χ2v) is 5.92. The van der Waals surface area contributed by atoms with Gasteiger partial charge in [-0.05, 0) is 0 Å². The van der Waals surface area contributed by atoms with E-state index in [2.05, 4.69) is 4.98 Å². The van der Waals surface area contributed by atoms with Crippen molar-refractivity contribution >= 4 is 23.5 Å². The van der Waals surface area contributed by atoms with Crippen LogP contribution in [0.3, 0.4) is 0 Å². The van der Waals surface area contributed by atoms with E-state index in [0.717, 1.165) is 0 Å². The van der Waals surface area contributed by atoms with Gasteiger partial charge in [-0.1, -0.05) is 0 Å². The van der Waals surface area contributed by atoms with Gasteiger partial charge >= 0.3 is 29.2 Å². The SMILES string of the molecule is O=P(O)(O)O.O=P(O)(O)O.O=P(O)(O)O.O=c1cc[nH]c(=O)[nH]1. The number of phosphoric acid groups is 3. The van der Waals surface area contributed by atoms with Crippen molar-refractivity contribution in [3.63, 3.8) is 0 Å². The molecule has 0 atom stereocenters. The molecule has 0 aliphatic heterocycles. The third-order valence-corrected chi connectivity index (χ3v) is 0.686. The standard InChI is InChI=1S/C4H4N2O2.3H3O4P/c7-3-1-2-5-4(8)6-3;3*1-5(2,3)4/h1-2H,(H2,5,6,7,8);3*(H3,1,2,3,4). The monoisotopic (exact) mass is 406 g/mol. The van der Waals surface area contributed by atoms with Gasteiger partial charge in [-0.15, -0.1) is 0 Å². The van der Waals surface area contributed by atoms with Crippen LogP contribution >= 0.6 is 23.5 Å². The predicted molar refractivity (Wildman–Crippen MR) is 70.5 cm³/mol. The highest BCUT2D eigenvalue weighted by atomic mass is 31.2. The molecule has 0 spiro atoms. The van der Waals surface area contributed by atoms with Crippen LogP contribution < -0.4 is 11.2 Å². The summed E-state index contributed by atoms with van der Waals surface area (Å²) in [7, 11) is -13.9. The Kier molecular flexibility index (Phi) is 13.5. The second-order valence-electron chi connectivity index (χ2n) is 2.84. The summed E-state index contributed by atoms with van der Waals surface area (Å²) in [5.41, 5.74) is -0.855. The van der Waals surface area contributed by atoms with Gasteiger partial charge in [0, 0.05) is 12.3 Å². The Bertz CT molecular complexity index is 576.